The van der Waals surface area contributed by atoms with Crippen molar-refractivity contribution in [3.05, 3.63) is 66.4 Å². The molecule has 152 valence electrons. The normalized spacial score (nSPS) is 14.8. The number of carbonyl (C=O) groups excluding carboxylic acids is 1. The third kappa shape index (κ3) is 4.96. The molecule has 2 amide bonds. The van der Waals surface area contributed by atoms with Crippen molar-refractivity contribution in [2.75, 3.05) is 45.2 Å². The summed E-state index contributed by atoms with van der Waals surface area (Å²) in [5.41, 5.74) is 3.11. The first kappa shape index (κ1) is 19.5. The minimum Gasteiger partial charge on any atom is -0.379 e. The van der Waals surface area contributed by atoms with Crippen molar-refractivity contribution in [2.45, 2.75) is 13.1 Å². The van der Waals surface area contributed by atoms with E-state index in [1.165, 1.54) is 5.52 Å². The Morgan fingerprint density at radius 1 is 1.07 bits per heavy atom. The van der Waals surface area contributed by atoms with Crippen LogP contribution in [0.2, 0.25) is 0 Å². The number of anilines is 1. The second-order valence-corrected chi connectivity index (χ2v) is 7.51. The molecule has 0 radical (unpaired) electrons. The van der Waals surface area contributed by atoms with Gasteiger partial charge in [-0.15, -0.1) is 0 Å². The van der Waals surface area contributed by atoms with E-state index in [0.717, 1.165) is 56.0 Å². The van der Waals surface area contributed by atoms with Gasteiger partial charge in [0.1, 0.15) is 0 Å². The molecule has 1 N–H and O–H groups in total. The van der Waals surface area contributed by atoms with Gasteiger partial charge in [0.05, 0.1) is 13.2 Å². The molecule has 1 aromatic heterocycles. The fourth-order valence-electron chi connectivity index (χ4n) is 3.69. The first-order valence-corrected chi connectivity index (χ1v) is 10.1. The minimum atomic E-state index is -0.111. The molecule has 0 unspecified atom stereocenters. The van der Waals surface area contributed by atoms with Crippen LogP contribution in [-0.2, 0) is 17.8 Å². The Hall–Kier alpha value is -2.83. The van der Waals surface area contributed by atoms with Gasteiger partial charge >= 0.3 is 6.03 Å². The quantitative estimate of drug-likeness (QED) is 0.697. The van der Waals surface area contributed by atoms with E-state index >= 15 is 0 Å². The van der Waals surface area contributed by atoms with Crippen LogP contribution < -0.4 is 5.32 Å². The molecule has 0 atom stereocenters. The van der Waals surface area contributed by atoms with Crippen LogP contribution in [0.3, 0.4) is 0 Å². The van der Waals surface area contributed by atoms with E-state index in [9.17, 15) is 4.79 Å². The molecule has 4 rings (SSSR count). The average Bonchev–Trinajstić information content (AvgIpc) is 3.16. The first-order chi connectivity index (χ1) is 14.2. The summed E-state index contributed by atoms with van der Waals surface area (Å²) in [6.45, 7) is 6.22. The molecular weight excluding hydrogens is 364 g/mol. The van der Waals surface area contributed by atoms with E-state index in [4.69, 9.17) is 4.74 Å². The van der Waals surface area contributed by atoms with E-state index in [-0.39, 0.29) is 6.03 Å². The third-order valence-electron chi connectivity index (χ3n) is 5.39. The van der Waals surface area contributed by atoms with Crippen molar-refractivity contribution >= 4 is 22.6 Å². The highest BCUT2D eigenvalue weighted by molar-refractivity contribution is 5.92. The molecule has 0 spiro atoms. The highest BCUT2D eigenvalue weighted by atomic mass is 16.5. The van der Waals surface area contributed by atoms with Crippen molar-refractivity contribution < 1.29 is 9.53 Å². The Kier molecular flexibility index (Phi) is 6.12. The Morgan fingerprint density at radius 3 is 2.66 bits per heavy atom. The number of nitrogens with one attached hydrogen (secondary N) is 1. The lowest BCUT2D eigenvalue weighted by Crippen LogP contribution is -2.38. The van der Waals surface area contributed by atoms with Gasteiger partial charge in [0.15, 0.2) is 0 Å². The Labute approximate surface area is 171 Å². The molecule has 2 aromatic carbocycles. The lowest BCUT2D eigenvalue weighted by atomic mass is 10.2. The zero-order valence-corrected chi connectivity index (χ0v) is 16.9. The number of hydrogen-bond donors (Lipinski definition) is 1. The monoisotopic (exact) mass is 392 g/mol. The fourth-order valence-corrected chi connectivity index (χ4v) is 3.69. The standard InChI is InChI=1S/C23H28N4O2/c1-25(18-19-5-3-2-4-6-19)23(28)24-21-7-8-22-20(17-21)9-10-27(22)12-11-26-13-15-29-16-14-26/h2-10,17H,11-16,18H2,1H3,(H,24,28). The van der Waals surface area contributed by atoms with Gasteiger partial charge in [0, 0.05) is 62.6 Å². The number of benzene rings is 2. The van der Waals surface area contributed by atoms with Crippen LogP contribution in [-0.4, -0.2) is 60.3 Å². The zero-order valence-electron chi connectivity index (χ0n) is 16.9. The maximum Gasteiger partial charge on any atom is 0.321 e. The maximum atomic E-state index is 12.5. The number of carbonyl (C=O) groups is 1. The fraction of sp³-hybridized carbons (Fsp3) is 0.348. The summed E-state index contributed by atoms with van der Waals surface area (Å²) < 4.78 is 7.69. The Morgan fingerprint density at radius 2 is 1.86 bits per heavy atom. The molecule has 1 fully saturated rings. The molecule has 29 heavy (non-hydrogen) atoms. The number of aromatic nitrogens is 1. The lowest BCUT2D eigenvalue weighted by Gasteiger charge is -2.26. The second kappa shape index (κ2) is 9.11. The average molecular weight is 393 g/mol. The SMILES string of the molecule is CN(Cc1ccccc1)C(=O)Nc1ccc2c(ccn2CCN2CCOCC2)c1. The minimum absolute atomic E-state index is 0.111. The summed E-state index contributed by atoms with van der Waals surface area (Å²) in [6, 6.07) is 18.1. The summed E-state index contributed by atoms with van der Waals surface area (Å²) >= 11 is 0. The van der Waals surface area contributed by atoms with Crippen molar-refractivity contribution in [1.82, 2.24) is 14.4 Å². The molecule has 6 heteroatoms. The number of rotatable bonds is 6. The van der Waals surface area contributed by atoms with Crippen molar-refractivity contribution in [1.29, 1.82) is 0 Å². The van der Waals surface area contributed by atoms with Crippen molar-refractivity contribution in [3.8, 4) is 0 Å². The molecule has 3 aromatic rings. The predicted molar refractivity (Wildman–Crippen MR) is 116 cm³/mol. The molecule has 1 aliphatic heterocycles. The van der Waals surface area contributed by atoms with Gasteiger partial charge in [-0.05, 0) is 29.8 Å². The number of urea groups is 1. The molecule has 0 saturated carbocycles. The van der Waals surface area contributed by atoms with Crippen LogP contribution in [0, 0.1) is 0 Å². The van der Waals surface area contributed by atoms with Gasteiger partial charge in [0.2, 0.25) is 0 Å². The van der Waals surface area contributed by atoms with E-state index in [1.54, 1.807) is 4.90 Å². The van der Waals surface area contributed by atoms with Gasteiger partial charge in [-0.3, -0.25) is 4.90 Å². The lowest BCUT2D eigenvalue weighted by molar-refractivity contribution is 0.0365. The molecule has 2 heterocycles. The van der Waals surface area contributed by atoms with Crippen LogP contribution in [0.15, 0.2) is 60.8 Å². The van der Waals surface area contributed by atoms with E-state index in [1.807, 2.05) is 49.5 Å². The van der Waals surface area contributed by atoms with Crippen molar-refractivity contribution in [3.63, 3.8) is 0 Å². The summed E-state index contributed by atoms with van der Waals surface area (Å²) in [7, 11) is 1.81. The number of fused-ring (bicyclic) bond motifs is 1. The summed E-state index contributed by atoms with van der Waals surface area (Å²) in [4.78, 5) is 16.7. The topological polar surface area (TPSA) is 49.7 Å². The van der Waals surface area contributed by atoms with Gasteiger partial charge in [-0.25, -0.2) is 4.79 Å². The summed E-state index contributed by atoms with van der Waals surface area (Å²) in [6.07, 6.45) is 2.12. The first-order valence-electron chi connectivity index (χ1n) is 10.1. The number of ether oxygens (including phenoxy) is 1. The summed E-state index contributed by atoms with van der Waals surface area (Å²) in [5, 5.41) is 4.14. The van der Waals surface area contributed by atoms with Crippen LogP contribution >= 0.6 is 0 Å². The zero-order chi connectivity index (χ0) is 20.1. The van der Waals surface area contributed by atoms with Crippen LogP contribution in [0.5, 0.6) is 0 Å². The largest absolute Gasteiger partial charge is 0.379 e. The highest BCUT2D eigenvalue weighted by Crippen LogP contribution is 2.21. The molecular formula is C23H28N4O2. The van der Waals surface area contributed by atoms with Crippen molar-refractivity contribution in [2.24, 2.45) is 0 Å². The van der Waals surface area contributed by atoms with Gasteiger partial charge < -0.3 is 19.5 Å². The second-order valence-electron chi connectivity index (χ2n) is 7.51. The van der Waals surface area contributed by atoms with E-state index < -0.39 is 0 Å². The Balaban J connectivity index is 1.36. The molecule has 1 aliphatic rings. The maximum absolute atomic E-state index is 12.5. The third-order valence-corrected chi connectivity index (χ3v) is 5.39. The number of morpholine rings is 1. The van der Waals surface area contributed by atoms with E-state index in [2.05, 4.69) is 33.1 Å². The molecule has 0 aliphatic carbocycles. The number of nitrogens with zero attached hydrogens (tertiary/aromatic N) is 3. The summed E-state index contributed by atoms with van der Waals surface area (Å²) in [5.74, 6) is 0. The van der Waals surface area contributed by atoms with Gasteiger partial charge in [0.25, 0.3) is 0 Å². The molecule has 1 saturated heterocycles. The van der Waals surface area contributed by atoms with Gasteiger partial charge in [-0.1, -0.05) is 30.3 Å². The number of hydrogen-bond acceptors (Lipinski definition) is 3. The highest BCUT2D eigenvalue weighted by Gasteiger charge is 2.12. The van der Waals surface area contributed by atoms with Crippen LogP contribution in [0.1, 0.15) is 5.56 Å². The van der Waals surface area contributed by atoms with Crippen LogP contribution in [0.4, 0.5) is 10.5 Å². The molecule has 0 bridgehead atoms. The van der Waals surface area contributed by atoms with Crippen LogP contribution in [0.25, 0.3) is 10.9 Å². The van der Waals surface area contributed by atoms with Gasteiger partial charge in [-0.2, -0.15) is 0 Å². The number of amides is 2. The smallest absolute Gasteiger partial charge is 0.321 e. The Bertz CT molecular complexity index is 948. The molecule has 6 nitrogen and oxygen atoms in total. The van der Waals surface area contributed by atoms with E-state index in [0.29, 0.717) is 6.54 Å². The predicted octanol–water partition coefficient (Wildman–Crippen LogP) is 3.64.